The Morgan fingerprint density at radius 3 is 2.28 bits per heavy atom. The van der Waals surface area contributed by atoms with Crippen LogP contribution in [0.15, 0.2) is 42.5 Å². The van der Waals surface area contributed by atoms with E-state index in [1.165, 1.54) is 24.9 Å². The van der Waals surface area contributed by atoms with Gasteiger partial charge in [-0.2, -0.15) is 0 Å². The molecule has 0 aliphatic carbocycles. The number of benzene rings is 2. The van der Waals surface area contributed by atoms with Gasteiger partial charge in [-0.05, 0) is 80.6 Å². The molecular weight excluding hydrogens is 362 g/mol. The van der Waals surface area contributed by atoms with Crippen LogP contribution < -0.4 is 15.1 Å². The largest absolute Gasteiger partial charge is 0.372 e. The number of nitrogens with one attached hydrogen (secondary N) is 1. The van der Waals surface area contributed by atoms with Gasteiger partial charge in [0.25, 0.3) is 5.91 Å². The molecule has 0 atom stereocenters. The number of nitrogens with zero attached hydrogens (tertiary/aromatic N) is 2. The summed E-state index contributed by atoms with van der Waals surface area (Å²) in [4.78, 5) is 28.7. The molecule has 154 valence electrons. The van der Waals surface area contributed by atoms with E-state index in [4.69, 9.17) is 0 Å². The van der Waals surface area contributed by atoms with E-state index in [-0.39, 0.29) is 11.8 Å². The summed E-state index contributed by atoms with van der Waals surface area (Å²) >= 11 is 0. The minimum Gasteiger partial charge on any atom is -0.372 e. The lowest BCUT2D eigenvalue weighted by Gasteiger charge is -2.29. The van der Waals surface area contributed by atoms with E-state index in [0.717, 1.165) is 29.9 Å². The molecular formula is C24H31N3O2. The highest BCUT2D eigenvalue weighted by Crippen LogP contribution is 2.23. The second-order valence-corrected chi connectivity index (χ2v) is 7.79. The fraction of sp³-hybridized carbons (Fsp3) is 0.417. The van der Waals surface area contributed by atoms with Crippen LogP contribution in [0.4, 0.5) is 11.4 Å². The third-order valence-electron chi connectivity index (χ3n) is 5.65. The normalized spacial score (nSPS) is 13.8. The van der Waals surface area contributed by atoms with E-state index >= 15 is 0 Å². The Bertz CT molecular complexity index is 855. The highest BCUT2D eigenvalue weighted by atomic mass is 16.2. The fourth-order valence-electron chi connectivity index (χ4n) is 3.73. The molecule has 5 heteroatoms. The number of hydrogen-bond donors (Lipinski definition) is 1. The van der Waals surface area contributed by atoms with Gasteiger partial charge in [-0.15, -0.1) is 0 Å². The van der Waals surface area contributed by atoms with E-state index in [9.17, 15) is 9.59 Å². The summed E-state index contributed by atoms with van der Waals surface area (Å²) in [5.41, 5.74) is 4.97. The SMILES string of the molecule is CC(=O)N(CCNC(=O)c1ccc(C)c(C)c1)c1ccc(N2CCCCC2)cc1. The monoisotopic (exact) mass is 393 g/mol. The van der Waals surface area contributed by atoms with Gasteiger partial charge < -0.3 is 15.1 Å². The van der Waals surface area contributed by atoms with Crippen molar-refractivity contribution in [3.63, 3.8) is 0 Å². The highest BCUT2D eigenvalue weighted by molar-refractivity contribution is 5.95. The van der Waals surface area contributed by atoms with Crippen molar-refractivity contribution in [1.29, 1.82) is 0 Å². The van der Waals surface area contributed by atoms with Gasteiger partial charge >= 0.3 is 0 Å². The third-order valence-corrected chi connectivity index (χ3v) is 5.65. The average molecular weight is 394 g/mol. The van der Waals surface area contributed by atoms with E-state index in [1.54, 1.807) is 11.8 Å². The molecule has 2 aromatic rings. The molecule has 0 aromatic heterocycles. The fourth-order valence-corrected chi connectivity index (χ4v) is 3.73. The Morgan fingerprint density at radius 1 is 0.966 bits per heavy atom. The molecule has 0 saturated carbocycles. The first-order valence-electron chi connectivity index (χ1n) is 10.4. The number of carbonyl (C=O) groups is 2. The maximum Gasteiger partial charge on any atom is 0.251 e. The van der Waals surface area contributed by atoms with Crippen molar-refractivity contribution in [1.82, 2.24) is 5.32 Å². The molecule has 1 heterocycles. The molecule has 5 nitrogen and oxygen atoms in total. The van der Waals surface area contributed by atoms with Gasteiger partial charge in [-0.1, -0.05) is 6.07 Å². The topological polar surface area (TPSA) is 52.7 Å². The van der Waals surface area contributed by atoms with Crippen LogP contribution in [-0.2, 0) is 4.79 Å². The standard InChI is InChI=1S/C24H31N3O2/c1-18-7-8-21(17-19(18)2)24(29)25-13-16-27(20(3)28)23-11-9-22(10-12-23)26-14-5-4-6-15-26/h7-12,17H,4-6,13-16H2,1-3H3,(H,25,29). The molecule has 0 unspecified atom stereocenters. The summed E-state index contributed by atoms with van der Waals surface area (Å²) in [7, 11) is 0. The smallest absolute Gasteiger partial charge is 0.251 e. The van der Waals surface area contributed by atoms with Crippen molar-refractivity contribution >= 4 is 23.2 Å². The van der Waals surface area contributed by atoms with Crippen molar-refractivity contribution in [2.75, 3.05) is 36.0 Å². The zero-order chi connectivity index (χ0) is 20.8. The Hall–Kier alpha value is -2.82. The van der Waals surface area contributed by atoms with Gasteiger partial charge in [0.15, 0.2) is 0 Å². The first-order valence-corrected chi connectivity index (χ1v) is 10.4. The highest BCUT2D eigenvalue weighted by Gasteiger charge is 2.15. The molecule has 1 saturated heterocycles. The number of aryl methyl sites for hydroxylation is 2. The van der Waals surface area contributed by atoms with Gasteiger partial charge in [-0.3, -0.25) is 9.59 Å². The molecule has 0 radical (unpaired) electrons. The van der Waals surface area contributed by atoms with Gasteiger partial charge in [0.2, 0.25) is 5.91 Å². The summed E-state index contributed by atoms with van der Waals surface area (Å²) in [5.74, 6) is -0.145. The second-order valence-electron chi connectivity index (χ2n) is 7.79. The summed E-state index contributed by atoms with van der Waals surface area (Å²) in [6, 6.07) is 13.9. The van der Waals surface area contributed by atoms with Crippen molar-refractivity contribution in [2.24, 2.45) is 0 Å². The van der Waals surface area contributed by atoms with Crippen molar-refractivity contribution in [2.45, 2.75) is 40.0 Å². The summed E-state index contributed by atoms with van der Waals surface area (Å²) in [6.45, 7) is 8.62. The van der Waals surface area contributed by atoms with E-state index in [0.29, 0.717) is 18.7 Å². The summed E-state index contributed by atoms with van der Waals surface area (Å²) in [6.07, 6.45) is 3.78. The minimum absolute atomic E-state index is 0.0313. The van der Waals surface area contributed by atoms with Gasteiger partial charge in [0, 0.05) is 50.0 Å². The Balaban J connectivity index is 1.59. The molecule has 2 aromatic carbocycles. The molecule has 3 rings (SSSR count). The van der Waals surface area contributed by atoms with Gasteiger partial charge in [0.1, 0.15) is 0 Å². The zero-order valence-electron chi connectivity index (χ0n) is 17.7. The minimum atomic E-state index is -0.114. The van der Waals surface area contributed by atoms with Crippen LogP contribution in [0.2, 0.25) is 0 Å². The van der Waals surface area contributed by atoms with Crippen LogP contribution in [0.25, 0.3) is 0 Å². The molecule has 0 bridgehead atoms. The maximum atomic E-state index is 12.4. The lowest BCUT2D eigenvalue weighted by molar-refractivity contribution is -0.116. The van der Waals surface area contributed by atoms with E-state index < -0.39 is 0 Å². The zero-order valence-corrected chi connectivity index (χ0v) is 17.7. The lowest BCUT2D eigenvalue weighted by Crippen LogP contribution is -2.37. The van der Waals surface area contributed by atoms with Crippen molar-refractivity contribution in [3.8, 4) is 0 Å². The number of piperidine rings is 1. The Morgan fingerprint density at radius 2 is 1.66 bits per heavy atom. The van der Waals surface area contributed by atoms with Crippen molar-refractivity contribution in [3.05, 3.63) is 59.2 Å². The van der Waals surface area contributed by atoms with Crippen molar-refractivity contribution < 1.29 is 9.59 Å². The van der Waals surface area contributed by atoms with Crippen LogP contribution in [0.5, 0.6) is 0 Å². The molecule has 1 aliphatic rings. The quantitative estimate of drug-likeness (QED) is 0.805. The van der Waals surface area contributed by atoms with E-state index in [1.807, 2.05) is 44.2 Å². The Labute approximate surface area is 173 Å². The van der Waals surface area contributed by atoms with Gasteiger partial charge in [0.05, 0.1) is 0 Å². The first kappa shape index (κ1) is 20.9. The molecule has 1 N–H and O–H groups in total. The first-order chi connectivity index (χ1) is 14.0. The predicted octanol–water partition coefficient (Wildman–Crippen LogP) is 4.08. The van der Waals surface area contributed by atoms with Crippen LogP contribution >= 0.6 is 0 Å². The number of amides is 2. The van der Waals surface area contributed by atoms with Crippen LogP contribution in [0, 0.1) is 13.8 Å². The maximum absolute atomic E-state index is 12.4. The van der Waals surface area contributed by atoms with Crippen LogP contribution in [-0.4, -0.2) is 38.0 Å². The molecule has 0 spiro atoms. The number of carbonyl (C=O) groups excluding carboxylic acids is 2. The molecule has 29 heavy (non-hydrogen) atoms. The second kappa shape index (κ2) is 9.59. The number of rotatable bonds is 6. The van der Waals surface area contributed by atoms with E-state index in [2.05, 4.69) is 22.3 Å². The predicted molar refractivity (Wildman–Crippen MR) is 119 cm³/mol. The Kier molecular flexibility index (Phi) is 6.91. The van der Waals surface area contributed by atoms with Crippen LogP contribution in [0.3, 0.4) is 0 Å². The third kappa shape index (κ3) is 5.37. The number of anilines is 2. The summed E-state index contributed by atoms with van der Waals surface area (Å²) in [5, 5.41) is 2.92. The summed E-state index contributed by atoms with van der Waals surface area (Å²) < 4.78 is 0. The molecule has 1 fully saturated rings. The van der Waals surface area contributed by atoms with Gasteiger partial charge in [-0.25, -0.2) is 0 Å². The molecule has 2 amide bonds. The average Bonchev–Trinajstić information content (AvgIpc) is 2.73. The lowest BCUT2D eigenvalue weighted by atomic mass is 10.1. The molecule has 1 aliphatic heterocycles. The number of hydrogen-bond acceptors (Lipinski definition) is 3. The van der Waals surface area contributed by atoms with Crippen LogP contribution in [0.1, 0.15) is 47.7 Å².